The van der Waals surface area contributed by atoms with Gasteiger partial charge in [0, 0.05) is 12.6 Å². The lowest BCUT2D eigenvalue weighted by Crippen LogP contribution is -2.30. The van der Waals surface area contributed by atoms with Crippen LogP contribution in [-0.4, -0.2) is 43.1 Å². The van der Waals surface area contributed by atoms with Crippen LogP contribution in [0, 0.1) is 5.92 Å². The Bertz CT molecular complexity index is 544. The van der Waals surface area contributed by atoms with Crippen molar-refractivity contribution in [2.24, 2.45) is 11.1 Å². The summed E-state index contributed by atoms with van der Waals surface area (Å²) >= 11 is 0. The van der Waals surface area contributed by atoms with Crippen LogP contribution in [0.1, 0.15) is 30.7 Å². The summed E-state index contributed by atoms with van der Waals surface area (Å²) in [5.41, 5.74) is 0.710. The van der Waals surface area contributed by atoms with E-state index in [-0.39, 0.29) is 0 Å². The third kappa shape index (κ3) is 4.01. The first-order valence-corrected chi connectivity index (χ1v) is 8.08. The monoisotopic (exact) mass is 318 g/mol. The summed E-state index contributed by atoms with van der Waals surface area (Å²) in [5, 5.41) is 16.5. The number of hydrogen-bond donors (Lipinski definition) is 2. The summed E-state index contributed by atoms with van der Waals surface area (Å²) < 4.78 is 5.84. The predicted molar refractivity (Wildman–Crippen MR) is 85.9 cm³/mol. The van der Waals surface area contributed by atoms with Crippen molar-refractivity contribution in [3.05, 3.63) is 29.8 Å². The van der Waals surface area contributed by atoms with Crippen LogP contribution >= 0.6 is 0 Å². The number of aliphatic carboxylic acids is 1. The van der Waals surface area contributed by atoms with Gasteiger partial charge in [0.05, 0.1) is 6.61 Å². The van der Waals surface area contributed by atoms with E-state index in [2.05, 4.69) is 10.5 Å². The molecule has 6 heteroatoms. The molecule has 2 atom stereocenters. The van der Waals surface area contributed by atoms with E-state index in [1.165, 1.54) is 0 Å². The second-order valence-electron chi connectivity index (χ2n) is 6.06. The number of benzene rings is 1. The van der Waals surface area contributed by atoms with E-state index in [9.17, 15) is 9.90 Å². The highest BCUT2D eigenvalue weighted by molar-refractivity contribution is 5.78. The summed E-state index contributed by atoms with van der Waals surface area (Å²) in [4.78, 5) is 16.7. The smallest absolute Gasteiger partial charge is 0.314 e. The van der Waals surface area contributed by atoms with E-state index in [0.717, 1.165) is 31.7 Å². The molecule has 3 rings (SSSR count). The topological polar surface area (TPSA) is 80.2 Å². The molecule has 2 heterocycles. The van der Waals surface area contributed by atoms with Crippen LogP contribution in [-0.2, 0) is 9.63 Å². The third-order valence-electron chi connectivity index (χ3n) is 4.43. The van der Waals surface area contributed by atoms with E-state index < -0.39 is 18.0 Å². The molecule has 1 unspecified atom stereocenters. The Morgan fingerprint density at radius 1 is 1.35 bits per heavy atom. The van der Waals surface area contributed by atoms with Crippen LogP contribution < -0.4 is 10.1 Å². The van der Waals surface area contributed by atoms with Crippen molar-refractivity contribution >= 4 is 12.2 Å². The highest BCUT2D eigenvalue weighted by Gasteiger charge is 2.33. The van der Waals surface area contributed by atoms with Gasteiger partial charge in [-0.25, -0.2) is 0 Å². The number of rotatable bonds is 6. The first-order chi connectivity index (χ1) is 11.2. The molecule has 124 valence electrons. The Morgan fingerprint density at radius 2 is 2.09 bits per heavy atom. The van der Waals surface area contributed by atoms with Gasteiger partial charge in [-0.05, 0) is 49.5 Å². The molecule has 0 saturated carbocycles. The maximum atomic E-state index is 11.5. The lowest BCUT2D eigenvalue weighted by molar-refractivity contribution is -0.142. The number of oxime groups is 1. The first-order valence-electron chi connectivity index (χ1n) is 8.08. The molecular weight excluding hydrogens is 296 g/mol. The average molecular weight is 318 g/mol. The van der Waals surface area contributed by atoms with Crippen LogP contribution in [0.15, 0.2) is 29.4 Å². The summed E-state index contributed by atoms with van der Waals surface area (Å²) in [7, 11) is 0. The number of ether oxygens (including phenoxy) is 1. The van der Waals surface area contributed by atoms with Gasteiger partial charge in [-0.15, -0.1) is 0 Å². The summed E-state index contributed by atoms with van der Waals surface area (Å²) in [5.74, 6) is -0.244. The predicted octanol–water partition coefficient (Wildman–Crippen LogP) is 2.01. The molecule has 6 nitrogen and oxygen atoms in total. The van der Waals surface area contributed by atoms with Gasteiger partial charge < -0.3 is 20.0 Å². The number of nitrogens with one attached hydrogen (secondary N) is 1. The number of nitrogens with zero attached hydrogens (tertiary/aromatic N) is 1. The minimum atomic E-state index is -0.899. The molecule has 0 aromatic heterocycles. The second-order valence-corrected chi connectivity index (χ2v) is 6.06. The minimum absolute atomic E-state index is 0.436. The van der Waals surface area contributed by atoms with Crippen molar-refractivity contribution in [1.82, 2.24) is 5.32 Å². The van der Waals surface area contributed by atoms with E-state index in [1.54, 1.807) is 18.3 Å². The Morgan fingerprint density at radius 3 is 2.70 bits per heavy atom. The van der Waals surface area contributed by atoms with E-state index in [0.29, 0.717) is 24.5 Å². The molecule has 2 N–H and O–H groups in total. The van der Waals surface area contributed by atoms with Crippen LogP contribution in [0.4, 0.5) is 0 Å². The molecule has 23 heavy (non-hydrogen) atoms. The number of hydrogen-bond acceptors (Lipinski definition) is 5. The maximum absolute atomic E-state index is 11.5. The van der Waals surface area contributed by atoms with Gasteiger partial charge in [0.25, 0.3) is 0 Å². The minimum Gasteiger partial charge on any atom is -0.493 e. The Labute approximate surface area is 135 Å². The Balaban J connectivity index is 1.59. The van der Waals surface area contributed by atoms with Crippen LogP contribution in [0.3, 0.4) is 0 Å². The van der Waals surface area contributed by atoms with Gasteiger partial charge in [-0.1, -0.05) is 17.3 Å². The quantitative estimate of drug-likeness (QED) is 0.838. The van der Waals surface area contributed by atoms with E-state index >= 15 is 0 Å². The zero-order valence-corrected chi connectivity index (χ0v) is 13.0. The first kappa shape index (κ1) is 15.8. The molecule has 1 saturated heterocycles. The van der Waals surface area contributed by atoms with Crippen LogP contribution in [0.5, 0.6) is 5.75 Å². The van der Waals surface area contributed by atoms with Gasteiger partial charge in [-0.2, -0.15) is 0 Å². The molecule has 1 fully saturated rings. The molecule has 2 aliphatic rings. The molecule has 0 bridgehead atoms. The lowest BCUT2D eigenvalue weighted by atomic mass is 9.92. The van der Waals surface area contributed by atoms with Crippen molar-refractivity contribution < 1.29 is 19.5 Å². The molecule has 1 aromatic rings. The Kier molecular flexibility index (Phi) is 5.12. The van der Waals surface area contributed by atoms with E-state index in [1.807, 2.05) is 12.1 Å². The van der Waals surface area contributed by atoms with Crippen LogP contribution in [0.2, 0.25) is 0 Å². The van der Waals surface area contributed by atoms with Crippen molar-refractivity contribution in [2.75, 3.05) is 19.7 Å². The van der Waals surface area contributed by atoms with Gasteiger partial charge >= 0.3 is 5.97 Å². The van der Waals surface area contributed by atoms with E-state index in [4.69, 9.17) is 9.57 Å². The zero-order chi connectivity index (χ0) is 16.1. The summed E-state index contributed by atoms with van der Waals surface area (Å²) in [6.07, 6.45) is 3.97. The zero-order valence-electron chi connectivity index (χ0n) is 13.0. The van der Waals surface area contributed by atoms with Crippen LogP contribution in [0.25, 0.3) is 0 Å². The SMILES string of the molecule is O=C(O)C(c1ccc(OCC2CCNCC2)cc1)[C@H]1CC=NO1. The maximum Gasteiger partial charge on any atom is 0.314 e. The molecule has 0 amide bonds. The Hall–Kier alpha value is -2.08. The fourth-order valence-electron chi connectivity index (χ4n) is 3.06. The summed E-state index contributed by atoms with van der Waals surface area (Å²) in [6.45, 7) is 2.82. The third-order valence-corrected chi connectivity index (χ3v) is 4.43. The van der Waals surface area contributed by atoms with Crippen molar-refractivity contribution in [3.8, 4) is 5.75 Å². The number of carboxylic acid groups (broad SMARTS) is 1. The summed E-state index contributed by atoms with van der Waals surface area (Å²) in [6, 6.07) is 7.28. The largest absolute Gasteiger partial charge is 0.493 e. The van der Waals surface area contributed by atoms with Gasteiger partial charge in [-0.3, -0.25) is 4.79 Å². The van der Waals surface area contributed by atoms with Crippen molar-refractivity contribution in [2.45, 2.75) is 31.3 Å². The lowest BCUT2D eigenvalue weighted by Gasteiger charge is -2.23. The molecule has 2 aliphatic heterocycles. The highest BCUT2D eigenvalue weighted by Crippen LogP contribution is 2.28. The molecule has 0 aliphatic carbocycles. The second kappa shape index (κ2) is 7.46. The number of carbonyl (C=O) groups is 1. The fourth-order valence-corrected chi connectivity index (χ4v) is 3.06. The molecule has 1 aromatic carbocycles. The standard InChI is InChI=1S/C17H22N2O4/c20-17(21)16(15-7-10-19-23-15)13-1-3-14(4-2-13)22-11-12-5-8-18-9-6-12/h1-4,10,12,15-16,18H,5-9,11H2,(H,20,21)/t15-,16?/m1/s1. The number of carboxylic acids is 1. The molecule has 0 spiro atoms. The van der Waals surface area contributed by atoms with Crippen molar-refractivity contribution in [3.63, 3.8) is 0 Å². The normalized spacial score (nSPS) is 22.5. The highest BCUT2D eigenvalue weighted by atomic mass is 16.6. The average Bonchev–Trinajstić information content (AvgIpc) is 3.09. The fraction of sp³-hybridized carbons (Fsp3) is 0.529. The van der Waals surface area contributed by atoms with Gasteiger partial charge in [0.2, 0.25) is 0 Å². The van der Waals surface area contributed by atoms with Crippen molar-refractivity contribution in [1.29, 1.82) is 0 Å². The molecule has 0 radical (unpaired) electrons. The number of piperidine rings is 1. The molecular formula is C17H22N2O4. The van der Waals surface area contributed by atoms with Gasteiger partial charge in [0.1, 0.15) is 17.8 Å². The van der Waals surface area contributed by atoms with Gasteiger partial charge in [0.15, 0.2) is 0 Å².